The monoisotopic (exact) mass is 370 g/mol. The maximum atomic E-state index is 13.2. The summed E-state index contributed by atoms with van der Waals surface area (Å²) < 4.78 is 13.2. The summed E-state index contributed by atoms with van der Waals surface area (Å²) in [4.78, 5) is 17.8. The van der Waals surface area contributed by atoms with Gasteiger partial charge in [0.1, 0.15) is 5.82 Å². The Morgan fingerprint density at radius 3 is 2.71 bits per heavy atom. The Morgan fingerprint density at radius 1 is 1.19 bits per heavy atom. The van der Waals surface area contributed by atoms with Crippen LogP contribution in [-0.4, -0.2) is 19.2 Å². The van der Waals surface area contributed by atoms with Crippen molar-refractivity contribution in [2.45, 2.75) is 9.79 Å². The number of carbonyl (C=O) groups is 1. The van der Waals surface area contributed by atoms with Crippen LogP contribution in [0.15, 0.2) is 51.2 Å². The fourth-order valence-electron chi connectivity index (χ4n) is 1.94. The second kappa shape index (κ2) is 7.29. The molecular formula is C15H10FN2ORbS. The molecule has 0 spiro atoms. The van der Waals surface area contributed by atoms with Crippen LogP contribution in [0.25, 0.3) is 5.32 Å². The zero-order chi connectivity index (χ0) is 14.1. The molecule has 0 bridgehead atoms. The van der Waals surface area contributed by atoms with Crippen molar-refractivity contribution >= 4 is 29.6 Å². The fourth-order valence-corrected chi connectivity index (χ4v) is 2.89. The normalized spacial score (nSPS) is 11.7. The summed E-state index contributed by atoms with van der Waals surface area (Å²) in [7, 11) is 1.46. The van der Waals surface area contributed by atoms with E-state index in [1.165, 1.54) is 30.9 Å². The Balaban J connectivity index is 0.00000161. The van der Waals surface area contributed by atoms with Gasteiger partial charge in [-0.1, -0.05) is 17.8 Å². The van der Waals surface area contributed by atoms with Crippen molar-refractivity contribution in [3.8, 4) is 0 Å². The molecule has 3 rings (SSSR count). The molecule has 1 heterocycles. The van der Waals surface area contributed by atoms with E-state index in [0.717, 1.165) is 15.4 Å². The van der Waals surface area contributed by atoms with Gasteiger partial charge in [-0.25, -0.2) is 4.39 Å². The van der Waals surface area contributed by atoms with Gasteiger partial charge in [0, 0.05) is 27.1 Å². The van der Waals surface area contributed by atoms with Crippen LogP contribution in [0.5, 0.6) is 0 Å². The van der Waals surface area contributed by atoms with E-state index in [0.29, 0.717) is 11.3 Å². The van der Waals surface area contributed by atoms with Crippen molar-refractivity contribution in [3.63, 3.8) is 0 Å². The molecule has 1 aliphatic rings. The predicted molar refractivity (Wildman–Crippen MR) is 77.8 cm³/mol. The molecular weight excluding hydrogens is 361 g/mol. The minimum Gasteiger partial charge on any atom is -0.652 e. The topological polar surface area (TPSA) is 43.5 Å². The summed E-state index contributed by atoms with van der Waals surface area (Å²) in [6.07, 6.45) is 1.62. The molecule has 0 aliphatic carbocycles. The Bertz CT molecular complexity index is 734. The first kappa shape index (κ1) is 17.0. The molecule has 1 amide bonds. The van der Waals surface area contributed by atoms with Crippen molar-refractivity contribution < 1.29 is 67.4 Å². The van der Waals surface area contributed by atoms with Gasteiger partial charge >= 0.3 is 58.2 Å². The van der Waals surface area contributed by atoms with E-state index >= 15 is 0 Å². The Morgan fingerprint density at radius 2 is 1.95 bits per heavy atom. The van der Waals surface area contributed by atoms with Gasteiger partial charge in [0.25, 0.3) is 0 Å². The number of fused-ring (bicyclic) bond motifs is 2. The van der Waals surface area contributed by atoms with E-state index in [1.807, 2.05) is 6.07 Å². The fraction of sp³-hybridized carbons (Fsp3) is 0.0667. The van der Waals surface area contributed by atoms with Crippen LogP contribution in [0.4, 0.5) is 10.1 Å². The van der Waals surface area contributed by atoms with Crippen LogP contribution >= 0.6 is 11.8 Å². The van der Waals surface area contributed by atoms with Gasteiger partial charge in [-0.05, 0) is 30.3 Å². The van der Waals surface area contributed by atoms with Crippen LogP contribution in [0, 0.1) is 5.82 Å². The Labute approximate surface area is 175 Å². The molecule has 2 aromatic rings. The first-order chi connectivity index (χ1) is 9.67. The van der Waals surface area contributed by atoms with E-state index in [4.69, 9.17) is 0 Å². The van der Waals surface area contributed by atoms with Crippen LogP contribution in [0.2, 0.25) is 0 Å². The number of rotatable bonds is 1. The molecule has 1 aliphatic heterocycles. The zero-order valence-corrected chi connectivity index (χ0v) is 17.4. The molecule has 3 nitrogen and oxygen atoms in total. The molecule has 0 unspecified atom stereocenters. The molecule has 21 heavy (non-hydrogen) atoms. The third-order valence-corrected chi connectivity index (χ3v) is 4.10. The van der Waals surface area contributed by atoms with E-state index in [1.54, 1.807) is 24.4 Å². The molecule has 0 aromatic heterocycles. The summed E-state index contributed by atoms with van der Waals surface area (Å²) in [5.74, 6) is -0.566. The Hall–Kier alpha value is -0.335. The quantitative estimate of drug-likeness (QED) is 0.646. The number of hydrogen-bond donors (Lipinski definition) is 0. The summed E-state index contributed by atoms with van der Waals surface area (Å²) in [5, 5.41) is 3.63. The molecule has 6 heteroatoms. The second-order valence-corrected chi connectivity index (χ2v) is 5.34. The van der Waals surface area contributed by atoms with E-state index in [9.17, 15) is 9.18 Å². The summed E-state index contributed by atoms with van der Waals surface area (Å²) in [5.41, 5.74) is 1.93. The molecule has 0 fully saturated rings. The van der Waals surface area contributed by atoms with E-state index < -0.39 is 0 Å². The largest absolute Gasteiger partial charge is 1.00 e. The summed E-state index contributed by atoms with van der Waals surface area (Å²) in [6.45, 7) is 0. The van der Waals surface area contributed by atoms with Crippen LogP contribution in [0.1, 0.15) is 15.9 Å². The number of aliphatic imine (C=N–C) groups is 1. The number of amides is 1. The molecule has 0 radical (unpaired) electrons. The minimum atomic E-state index is -0.289. The maximum absolute atomic E-state index is 13.2. The molecule has 0 N–H and O–H groups in total. The molecule has 0 atom stereocenters. The predicted octanol–water partition coefficient (Wildman–Crippen LogP) is 1.19. The SMILES string of the molecule is C[N-]C(=O)c1ccc2c(c1)N=Cc1cc(F)ccc1S2.[Rb+]. The zero-order valence-electron chi connectivity index (χ0n) is 11.6. The maximum Gasteiger partial charge on any atom is 1.00 e. The number of benzene rings is 2. The standard InChI is InChI=1S/C15H11FN2OS.Rb/c1-17-15(19)9-2-4-14-12(7-9)18-8-10-6-11(16)3-5-13(10)20-14;/h2-8H,1H3,(H,17,19);/q;+1/p-1. The average Bonchev–Trinajstić information content (AvgIpc) is 2.64. The second-order valence-electron chi connectivity index (χ2n) is 4.25. The van der Waals surface area contributed by atoms with Crippen molar-refractivity contribution in [3.05, 3.63) is 58.7 Å². The van der Waals surface area contributed by atoms with Crippen molar-refractivity contribution in [1.29, 1.82) is 0 Å². The average molecular weight is 371 g/mol. The van der Waals surface area contributed by atoms with Crippen molar-refractivity contribution in [2.75, 3.05) is 7.05 Å². The number of halogens is 1. The third kappa shape index (κ3) is 3.71. The van der Waals surface area contributed by atoms with Crippen LogP contribution < -0.4 is 58.2 Å². The summed E-state index contributed by atoms with van der Waals surface area (Å²) >= 11 is 1.51. The first-order valence-electron chi connectivity index (χ1n) is 5.97. The van der Waals surface area contributed by atoms with Gasteiger partial charge in [0.2, 0.25) is 0 Å². The van der Waals surface area contributed by atoms with Gasteiger partial charge in [-0.3, -0.25) is 4.99 Å². The van der Waals surface area contributed by atoms with Crippen LogP contribution in [0.3, 0.4) is 0 Å². The van der Waals surface area contributed by atoms with Crippen molar-refractivity contribution in [1.82, 2.24) is 0 Å². The number of nitrogens with zero attached hydrogens (tertiary/aromatic N) is 2. The van der Waals surface area contributed by atoms with Gasteiger partial charge in [-0.15, -0.1) is 7.05 Å². The molecule has 0 saturated carbocycles. The van der Waals surface area contributed by atoms with E-state index in [2.05, 4.69) is 10.3 Å². The van der Waals surface area contributed by atoms with Gasteiger partial charge < -0.3 is 10.1 Å². The minimum absolute atomic E-state index is 0. The third-order valence-electron chi connectivity index (χ3n) is 2.94. The smallest absolute Gasteiger partial charge is 0.652 e. The number of carbonyl (C=O) groups excluding carboxylic acids is 1. The van der Waals surface area contributed by atoms with Crippen LogP contribution in [-0.2, 0) is 0 Å². The van der Waals surface area contributed by atoms with Gasteiger partial charge in [0.05, 0.1) is 11.6 Å². The molecule has 2 aromatic carbocycles. The first-order valence-corrected chi connectivity index (χ1v) is 6.79. The van der Waals surface area contributed by atoms with Crippen molar-refractivity contribution in [2.24, 2.45) is 4.99 Å². The summed E-state index contributed by atoms with van der Waals surface area (Å²) in [6, 6.07) is 9.89. The molecule has 100 valence electrons. The van der Waals surface area contributed by atoms with Gasteiger partial charge in [-0.2, -0.15) is 0 Å². The number of hydrogen-bond acceptors (Lipinski definition) is 3. The molecule has 0 saturated heterocycles. The Kier molecular flexibility index (Phi) is 5.91. The van der Waals surface area contributed by atoms with E-state index in [-0.39, 0.29) is 69.9 Å². The van der Waals surface area contributed by atoms with Gasteiger partial charge in [0.15, 0.2) is 0 Å².